The van der Waals surface area contributed by atoms with E-state index < -0.39 is 0 Å². The van der Waals surface area contributed by atoms with Gasteiger partial charge in [0.25, 0.3) is 0 Å². The summed E-state index contributed by atoms with van der Waals surface area (Å²) >= 11 is 0. The van der Waals surface area contributed by atoms with Crippen LogP contribution in [0.1, 0.15) is 38.4 Å². The topological polar surface area (TPSA) is 54.2 Å². The summed E-state index contributed by atoms with van der Waals surface area (Å²) in [6.45, 7) is 10.0. The minimum atomic E-state index is 0.567. The van der Waals surface area contributed by atoms with E-state index in [2.05, 4.69) is 40.3 Å². The molecular weight excluding hydrogens is 240 g/mol. The lowest BCUT2D eigenvalue weighted by molar-refractivity contribution is 0.180. The van der Waals surface area contributed by atoms with Crippen LogP contribution in [0.3, 0.4) is 0 Å². The molecule has 2 heterocycles. The Bertz CT molecular complexity index is 423. The maximum absolute atomic E-state index is 5.01. The lowest BCUT2D eigenvalue weighted by Gasteiger charge is -2.32. The van der Waals surface area contributed by atoms with Crippen LogP contribution >= 0.6 is 0 Å². The van der Waals surface area contributed by atoms with E-state index in [0.29, 0.717) is 11.9 Å². The Labute approximate surface area is 115 Å². The number of hydrogen-bond donors (Lipinski definition) is 1. The van der Waals surface area contributed by atoms with Crippen molar-refractivity contribution in [2.75, 3.05) is 19.6 Å². The van der Waals surface area contributed by atoms with Crippen LogP contribution in [0.4, 0.5) is 0 Å². The van der Waals surface area contributed by atoms with E-state index in [1.54, 1.807) is 0 Å². The molecule has 5 heteroatoms. The lowest BCUT2D eigenvalue weighted by atomic mass is 10.1. The molecule has 19 heavy (non-hydrogen) atoms. The highest BCUT2D eigenvalue weighted by atomic mass is 16.5. The monoisotopic (exact) mass is 264 g/mol. The van der Waals surface area contributed by atoms with Gasteiger partial charge < -0.3 is 9.84 Å². The number of allylic oxidation sites excluding steroid dienone is 1. The predicted octanol–water partition coefficient (Wildman–Crippen LogP) is 1.90. The second-order valence-electron chi connectivity index (χ2n) is 5.49. The average molecular weight is 264 g/mol. The number of likely N-dealkylation sites (tertiary alicyclic amines) is 1. The molecule has 1 saturated heterocycles. The molecule has 1 fully saturated rings. The lowest BCUT2D eigenvalue weighted by Crippen LogP contribution is -2.45. The fourth-order valence-corrected chi connectivity index (χ4v) is 2.40. The van der Waals surface area contributed by atoms with Crippen molar-refractivity contribution in [2.45, 2.75) is 46.2 Å². The number of hydrogen-bond acceptors (Lipinski definition) is 5. The van der Waals surface area contributed by atoms with Gasteiger partial charge in [-0.25, -0.2) is 0 Å². The van der Waals surface area contributed by atoms with Gasteiger partial charge in [0.15, 0.2) is 5.82 Å². The third kappa shape index (κ3) is 4.76. The van der Waals surface area contributed by atoms with Crippen LogP contribution in [0.5, 0.6) is 0 Å². The van der Waals surface area contributed by atoms with Crippen molar-refractivity contribution in [1.29, 1.82) is 0 Å². The number of nitrogens with one attached hydrogen (secondary N) is 1. The van der Waals surface area contributed by atoms with Gasteiger partial charge in [0.2, 0.25) is 5.89 Å². The van der Waals surface area contributed by atoms with Gasteiger partial charge in [-0.3, -0.25) is 4.90 Å². The zero-order chi connectivity index (χ0) is 13.7. The number of nitrogens with zero attached hydrogens (tertiary/aromatic N) is 3. The van der Waals surface area contributed by atoms with Gasteiger partial charge in [-0.15, -0.1) is 0 Å². The van der Waals surface area contributed by atoms with Crippen LogP contribution < -0.4 is 5.32 Å². The van der Waals surface area contributed by atoms with Crippen LogP contribution in [0, 0.1) is 6.92 Å². The molecule has 0 aromatic carbocycles. The van der Waals surface area contributed by atoms with Crippen molar-refractivity contribution in [3.8, 4) is 0 Å². The fraction of sp³-hybridized carbons (Fsp3) is 0.714. The maximum atomic E-state index is 5.01. The van der Waals surface area contributed by atoms with E-state index >= 15 is 0 Å². The third-order valence-electron chi connectivity index (χ3n) is 3.36. The fourth-order valence-electron chi connectivity index (χ4n) is 2.40. The van der Waals surface area contributed by atoms with Crippen LogP contribution in [0.25, 0.3) is 0 Å². The minimum Gasteiger partial charge on any atom is -0.340 e. The molecule has 1 aromatic heterocycles. The standard InChI is InChI=1S/C14H24N4O/c1-11(2)6-7-15-13-5-4-8-18(9-13)10-14-16-12(3)19-17-14/h6,13,15H,4-5,7-10H2,1-3H3/t13-/m0/s1. The zero-order valence-corrected chi connectivity index (χ0v) is 12.1. The summed E-state index contributed by atoms with van der Waals surface area (Å²) in [7, 11) is 0. The molecule has 2 rings (SSSR count). The Morgan fingerprint density at radius 2 is 2.37 bits per heavy atom. The van der Waals surface area contributed by atoms with Crippen LogP contribution in [-0.2, 0) is 6.54 Å². The summed E-state index contributed by atoms with van der Waals surface area (Å²) in [4.78, 5) is 6.66. The smallest absolute Gasteiger partial charge is 0.223 e. The molecule has 0 bridgehead atoms. The summed E-state index contributed by atoms with van der Waals surface area (Å²) in [5.41, 5.74) is 1.36. The molecule has 0 radical (unpaired) electrons. The molecule has 0 aliphatic carbocycles. The summed E-state index contributed by atoms with van der Waals surface area (Å²) in [5, 5.41) is 7.55. The van der Waals surface area contributed by atoms with Gasteiger partial charge in [-0.1, -0.05) is 16.8 Å². The van der Waals surface area contributed by atoms with E-state index in [9.17, 15) is 0 Å². The highest BCUT2D eigenvalue weighted by Gasteiger charge is 2.20. The first-order chi connectivity index (χ1) is 9.13. The Morgan fingerprint density at radius 3 is 3.05 bits per heavy atom. The zero-order valence-electron chi connectivity index (χ0n) is 12.1. The first kappa shape index (κ1) is 14.2. The summed E-state index contributed by atoms with van der Waals surface area (Å²) < 4.78 is 5.01. The highest BCUT2D eigenvalue weighted by molar-refractivity contribution is 4.95. The molecule has 106 valence electrons. The second-order valence-corrected chi connectivity index (χ2v) is 5.49. The number of piperidine rings is 1. The summed E-state index contributed by atoms with van der Waals surface area (Å²) in [6, 6.07) is 0.567. The van der Waals surface area contributed by atoms with E-state index in [1.807, 2.05) is 6.92 Å². The molecule has 1 N–H and O–H groups in total. The van der Waals surface area contributed by atoms with Crippen LogP contribution in [0.15, 0.2) is 16.2 Å². The predicted molar refractivity (Wildman–Crippen MR) is 74.8 cm³/mol. The largest absolute Gasteiger partial charge is 0.340 e. The van der Waals surface area contributed by atoms with Crippen molar-refractivity contribution in [3.05, 3.63) is 23.4 Å². The average Bonchev–Trinajstić information content (AvgIpc) is 2.75. The summed E-state index contributed by atoms with van der Waals surface area (Å²) in [6.07, 6.45) is 4.71. The van der Waals surface area contributed by atoms with Crippen molar-refractivity contribution in [1.82, 2.24) is 20.4 Å². The Morgan fingerprint density at radius 1 is 1.53 bits per heavy atom. The van der Waals surface area contributed by atoms with E-state index in [-0.39, 0.29) is 0 Å². The summed E-state index contributed by atoms with van der Waals surface area (Å²) in [5.74, 6) is 1.44. The molecule has 1 atom stereocenters. The molecular formula is C14H24N4O. The maximum Gasteiger partial charge on any atom is 0.223 e. The second kappa shape index (κ2) is 6.82. The molecule has 1 aliphatic heterocycles. The quantitative estimate of drug-likeness (QED) is 0.823. The van der Waals surface area contributed by atoms with Gasteiger partial charge in [-0.05, 0) is 33.2 Å². The first-order valence-electron chi connectivity index (χ1n) is 7.02. The molecule has 0 amide bonds. The van der Waals surface area contributed by atoms with Crippen molar-refractivity contribution in [3.63, 3.8) is 0 Å². The van der Waals surface area contributed by atoms with Crippen LogP contribution in [0.2, 0.25) is 0 Å². The van der Waals surface area contributed by atoms with E-state index in [1.165, 1.54) is 18.4 Å². The molecule has 0 unspecified atom stereocenters. The van der Waals surface area contributed by atoms with Gasteiger partial charge in [-0.2, -0.15) is 4.98 Å². The molecule has 0 spiro atoms. The van der Waals surface area contributed by atoms with Gasteiger partial charge >= 0.3 is 0 Å². The van der Waals surface area contributed by atoms with E-state index in [0.717, 1.165) is 32.0 Å². The Balaban J connectivity index is 1.78. The SMILES string of the molecule is CC(C)=CCN[C@H]1CCCN(Cc2noc(C)n2)C1. The molecule has 1 aromatic rings. The normalized spacial score (nSPS) is 20.5. The molecule has 1 aliphatic rings. The number of rotatable bonds is 5. The number of aryl methyl sites for hydroxylation is 1. The number of aromatic nitrogens is 2. The van der Waals surface area contributed by atoms with Crippen molar-refractivity contribution < 1.29 is 4.52 Å². The molecule has 0 saturated carbocycles. The van der Waals surface area contributed by atoms with Gasteiger partial charge in [0, 0.05) is 26.1 Å². The van der Waals surface area contributed by atoms with Crippen LogP contribution in [-0.4, -0.2) is 40.7 Å². The third-order valence-corrected chi connectivity index (χ3v) is 3.36. The van der Waals surface area contributed by atoms with Gasteiger partial charge in [0.1, 0.15) is 0 Å². The molecule has 5 nitrogen and oxygen atoms in total. The van der Waals surface area contributed by atoms with E-state index in [4.69, 9.17) is 4.52 Å². The Hall–Kier alpha value is -1.20. The minimum absolute atomic E-state index is 0.567. The van der Waals surface area contributed by atoms with Crippen molar-refractivity contribution >= 4 is 0 Å². The van der Waals surface area contributed by atoms with Gasteiger partial charge in [0.05, 0.1) is 6.54 Å². The highest BCUT2D eigenvalue weighted by Crippen LogP contribution is 2.12. The Kier molecular flexibility index (Phi) is 5.10. The van der Waals surface area contributed by atoms with Crippen molar-refractivity contribution in [2.24, 2.45) is 0 Å². The first-order valence-corrected chi connectivity index (χ1v) is 7.02.